The number of phenols is 1. The zero-order valence-electron chi connectivity index (χ0n) is 11.4. The molecule has 0 unspecified atom stereocenters. The molecule has 1 saturated heterocycles. The summed E-state index contributed by atoms with van der Waals surface area (Å²) in [5.41, 5.74) is 0.593. The van der Waals surface area contributed by atoms with Crippen molar-refractivity contribution < 1.29 is 9.50 Å². The van der Waals surface area contributed by atoms with Crippen LogP contribution >= 0.6 is 22.9 Å². The first-order valence-corrected chi connectivity index (χ1v) is 8.03. The SMILES string of the molecule is Oc1ccc(F)cc1[C@H](c1ccc(Cl)s1)N1CCNCC1. The number of aromatic hydroxyl groups is 1. The minimum absolute atomic E-state index is 0.115. The van der Waals surface area contributed by atoms with E-state index in [1.54, 1.807) is 0 Å². The Morgan fingerprint density at radius 3 is 2.67 bits per heavy atom. The van der Waals surface area contributed by atoms with Crippen LogP contribution in [-0.2, 0) is 0 Å². The molecule has 0 saturated carbocycles. The summed E-state index contributed by atoms with van der Waals surface area (Å²) in [6.45, 7) is 3.45. The molecule has 3 rings (SSSR count). The highest BCUT2D eigenvalue weighted by Gasteiger charge is 2.27. The summed E-state index contributed by atoms with van der Waals surface area (Å²) in [5, 5.41) is 13.5. The average molecular weight is 327 g/mol. The van der Waals surface area contributed by atoms with Crippen molar-refractivity contribution in [3.05, 3.63) is 50.9 Å². The molecule has 1 aromatic carbocycles. The highest BCUT2D eigenvalue weighted by molar-refractivity contribution is 7.16. The highest BCUT2D eigenvalue weighted by atomic mass is 35.5. The molecule has 0 spiro atoms. The van der Waals surface area contributed by atoms with Crippen molar-refractivity contribution in [2.75, 3.05) is 26.2 Å². The van der Waals surface area contributed by atoms with E-state index in [4.69, 9.17) is 11.6 Å². The first-order valence-electron chi connectivity index (χ1n) is 6.83. The van der Waals surface area contributed by atoms with Crippen LogP contribution in [0.2, 0.25) is 4.34 Å². The molecule has 1 aliphatic rings. The largest absolute Gasteiger partial charge is 0.508 e. The van der Waals surface area contributed by atoms with E-state index in [2.05, 4.69) is 10.2 Å². The van der Waals surface area contributed by atoms with Gasteiger partial charge in [0.2, 0.25) is 0 Å². The molecule has 0 bridgehead atoms. The third kappa shape index (κ3) is 3.21. The average Bonchev–Trinajstić information content (AvgIpc) is 2.90. The van der Waals surface area contributed by atoms with Crippen LogP contribution < -0.4 is 5.32 Å². The number of nitrogens with zero attached hydrogens (tertiary/aromatic N) is 1. The lowest BCUT2D eigenvalue weighted by atomic mass is 10.0. The third-order valence-corrected chi connectivity index (χ3v) is 4.95. The smallest absolute Gasteiger partial charge is 0.123 e. The number of hydrogen-bond acceptors (Lipinski definition) is 4. The van der Waals surface area contributed by atoms with Gasteiger partial charge in [-0.3, -0.25) is 4.90 Å². The number of rotatable bonds is 3. The Labute approximate surface area is 132 Å². The van der Waals surface area contributed by atoms with Crippen molar-refractivity contribution in [2.45, 2.75) is 6.04 Å². The molecule has 1 atom stereocenters. The van der Waals surface area contributed by atoms with Gasteiger partial charge in [0.05, 0.1) is 10.4 Å². The summed E-state index contributed by atoms with van der Waals surface area (Å²) >= 11 is 7.52. The van der Waals surface area contributed by atoms with Gasteiger partial charge < -0.3 is 10.4 Å². The van der Waals surface area contributed by atoms with E-state index in [1.165, 1.54) is 29.5 Å². The van der Waals surface area contributed by atoms with Gasteiger partial charge in [0.25, 0.3) is 0 Å². The van der Waals surface area contributed by atoms with Crippen LogP contribution in [-0.4, -0.2) is 36.2 Å². The summed E-state index contributed by atoms with van der Waals surface area (Å²) in [6.07, 6.45) is 0. The van der Waals surface area contributed by atoms with Gasteiger partial charge in [0, 0.05) is 36.6 Å². The maximum absolute atomic E-state index is 13.6. The number of phenolic OH excluding ortho intramolecular Hbond substituents is 1. The minimum atomic E-state index is -0.342. The lowest BCUT2D eigenvalue weighted by molar-refractivity contribution is 0.197. The van der Waals surface area contributed by atoms with Gasteiger partial charge in [-0.25, -0.2) is 4.39 Å². The summed E-state index contributed by atoms with van der Waals surface area (Å²) in [5.74, 6) is -0.227. The number of thiophene rings is 1. The quantitative estimate of drug-likeness (QED) is 0.909. The second-order valence-corrected chi connectivity index (χ2v) is 6.78. The van der Waals surface area contributed by atoms with Crippen LogP contribution in [0.4, 0.5) is 4.39 Å². The molecule has 2 N–H and O–H groups in total. The summed E-state index contributed by atoms with van der Waals surface area (Å²) in [7, 11) is 0. The van der Waals surface area contributed by atoms with E-state index < -0.39 is 0 Å². The zero-order chi connectivity index (χ0) is 14.8. The molecule has 6 heteroatoms. The summed E-state index contributed by atoms with van der Waals surface area (Å²) < 4.78 is 14.3. The van der Waals surface area contributed by atoms with E-state index in [1.807, 2.05) is 12.1 Å². The fraction of sp³-hybridized carbons (Fsp3) is 0.333. The van der Waals surface area contributed by atoms with Crippen molar-refractivity contribution in [3.8, 4) is 5.75 Å². The van der Waals surface area contributed by atoms with Crippen LogP contribution in [0, 0.1) is 5.82 Å². The van der Waals surface area contributed by atoms with Crippen LogP contribution in [0.5, 0.6) is 5.75 Å². The molecule has 1 fully saturated rings. The van der Waals surface area contributed by atoms with Crippen LogP contribution in [0.15, 0.2) is 30.3 Å². The van der Waals surface area contributed by atoms with Gasteiger partial charge in [0.1, 0.15) is 11.6 Å². The summed E-state index contributed by atoms with van der Waals surface area (Å²) in [4.78, 5) is 3.26. The van der Waals surface area contributed by atoms with Crippen LogP contribution in [0.25, 0.3) is 0 Å². The molecule has 2 aromatic rings. The standard InChI is InChI=1S/C15H16ClFN2OS/c16-14-4-3-13(21-14)15(19-7-5-18-6-8-19)11-9-10(17)1-2-12(11)20/h1-4,9,15,18,20H,5-8H2/t15-/m1/s1. The maximum Gasteiger partial charge on any atom is 0.123 e. The maximum atomic E-state index is 13.6. The fourth-order valence-electron chi connectivity index (χ4n) is 2.69. The molecule has 0 aliphatic carbocycles. The molecule has 112 valence electrons. The highest BCUT2D eigenvalue weighted by Crippen LogP contribution is 2.39. The first-order chi connectivity index (χ1) is 10.1. The molecule has 1 aliphatic heterocycles. The molecule has 0 amide bonds. The van der Waals surface area contributed by atoms with Gasteiger partial charge in [-0.1, -0.05) is 11.6 Å². The molecule has 0 radical (unpaired) electrons. The molecular weight excluding hydrogens is 311 g/mol. The van der Waals surface area contributed by atoms with Crippen molar-refractivity contribution in [3.63, 3.8) is 0 Å². The summed E-state index contributed by atoms with van der Waals surface area (Å²) in [6, 6.07) is 7.72. The fourth-order valence-corrected chi connectivity index (χ4v) is 3.91. The topological polar surface area (TPSA) is 35.5 Å². The number of piperazine rings is 1. The van der Waals surface area contributed by atoms with Crippen molar-refractivity contribution in [2.24, 2.45) is 0 Å². The third-order valence-electron chi connectivity index (χ3n) is 3.66. The first kappa shape index (κ1) is 14.8. The number of halogens is 2. The van der Waals surface area contributed by atoms with E-state index in [-0.39, 0.29) is 17.6 Å². The second-order valence-electron chi connectivity index (χ2n) is 5.03. The van der Waals surface area contributed by atoms with Gasteiger partial charge in [0.15, 0.2) is 0 Å². The van der Waals surface area contributed by atoms with Gasteiger partial charge in [-0.05, 0) is 30.3 Å². The predicted octanol–water partition coefficient (Wildman–Crippen LogP) is 3.24. The zero-order valence-corrected chi connectivity index (χ0v) is 12.9. The van der Waals surface area contributed by atoms with E-state index in [0.29, 0.717) is 9.90 Å². The Morgan fingerprint density at radius 2 is 2.00 bits per heavy atom. The molecule has 1 aromatic heterocycles. The predicted molar refractivity (Wildman–Crippen MR) is 83.7 cm³/mol. The Hall–Kier alpha value is -1.14. The van der Waals surface area contributed by atoms with E-state index in [0.717, 1.165) is 31.1 Å². The van der Waals surface area contributed by atoms with Crippen LogP contribution in [0.3, 0.4) is 0 Å². The monoisotopic (exact) mass is 326 g/mol. The Balaban J connectivity index is 2.04. The Bertz CT molecular complexity index is 628. The second kappa shape index (κ2) is 6.32. The van der Waals surface area contributed by atoms with Gasteiger partial charge in [-0.2, -0.15) is 0 Å². The normalized spacial score (nSPS) is 17.8. The molecule has 21 heavy (non-hydrogen) atoms. The molecule has 2 heterocycles. The van der Waals surface area contributed by atoms with Crippen molar-refractivity contribution in [1.29, 1.82) is 0 Å². The van der Waals surface area contributed by atoms with E-state index >= 15 is 0 Å². The number of hydrogen-bond donors (Lipinski definition) is 2. The Kier molecular flexibility index (Phi) is 4.45. The van der Waals surface area contributed by atoms with Crippen molar-refractivity contribution in [1.82, 2.24) is 10.2 Å². The Morgan fingerprint density at radius 1 is 1.24 bits per heavy atom. The van der Waals surface area contributed by atoms with Crippen molar-refractivity contribution >= 4 is 22.9 Å². The van der Waals surface area contributed by atoms with E-state index in [9.17, 15) is 9.50 Å². The number of benzene rings is 1. The lowest BCUT2D eigenvalue weighted by Crippen LogP contribution is -2.45. The van der Waals surface area contributed by atoms with Gasteiger partial charge >= 0.3 is 0 Å². The number of nitrogens with one attached hydrogen (secondary N) is 1. The molecular formula is C15H16ClFN2OS. The molecule has 3 nitrogen and oxygen atoms in total. The van der Waals surface area contributed by atoms with Gasteiger partial charge in [-0.15, -0.1) is 11.3 Å². The minimum Gasteiger partial charge on any atom is -0.508 e. The van der Waals surface area contributed by atoms with Crippen LogP contribution in [0.1, 0.15) is 16.5 Å². The lowest BCUT2D eigenvalue weighted by Gasteiger charge is -2.35.